The summed E-state index contributed by atoms with van der Waals surface area (Å²) in [6.45, 7) is 1.33. The number of rotatable bonds is 6. The van der Waals surface area contributed by atoms with Crippen molar-refractivity contribution in [1.82, 2.24) is 5.32 Å². The van der Waals surface area contributed by atoms with Gasteiger partial charge < -0.3 is 10.1 Å². The summed E-state index contributed by atoms with van der Waals surface area (Å²) in [7, 11) is 0. The molecule has 4 heteroatoms. The summed E-state index contributed by atoms with van der Waals surface area (Å²) in [6.07, 6.45) is 5.29. The molecule has 1 saturated carbocycles. The van der Waals surface area contributed by atoms with Crippen LogP contribution in [-0.4, -0.2) is 6.04 Å². The number of halogens is 2. The molecule has 0 radical (unpaired) electrons. The lowest BCUT2D eigenvalue weighted by molar-refractivity contribution is 0.306. The molecule has 0 bridgehead atoms. The van der Waals surface area contributed by atoms with Crippen molar-refractivity contribution in [2.75, 3.05) is 0 Å². The molecular formula is C19H21Cl2NO. The van der Waals surface area contributed by atoms with E-state index in [9.17, 15) is 0 Å². The fourth-order valence-electron chi connectivity index (χ4n) is 2.94. The Kier molecular flexibility index (Phi) is 5.82. The van der Waals surface area contributed by atoms with Crippen LogP contribution in [-0.2, 0) is 13.2 Å². The Morgan fingerprint density at radius 2 is 1.87 bits per heavy atom. The summed E-state index contributed by atoms with van der Waals surface area (Å²) in [5, 5.41) is 4.90. The van der Waals surface area contributed by atoms with Crippen LogP contribution >= 0.6 is 23.2 Å². The topological polar surface area (TPSA) is 21.3 Å². The van der Waals surface area contributed by atoms with Crippen molar-refractivity contribution in [2.24, 2.45) is 0 Å². The van der Waals surface area contributed by atoms with Crippen LogP contribution in [0.15, 0.2) is 42.5 Å². The lowest BCUT2D eigenvalue weighted by Crippen LogP contribution is -2.25. The highest BCUT2D eigenvalue weighted by atomic mass is 35.5. The molecule has 1 aliphatic rings. The van der Waals surface area contributed by atoms with E-state index in [1.807, 2.05) is 24.3 Å². The molecule has 0 aliphatic heterocycles. The number of benzene rings is 2. The van der Waals surface area contributed by atoms with Crippen molar-refractivity contribution in [1.29, 1.82) is 0 Å². The predicted octanol–water partition coefficient (Wildman–Crippen LogP) is 5.60. The van der Waals surface area contributed by atoms with Gasteiger partial charge in [-0.05, 0) is 42.7 Å². The molecule has 0 amide bonds. The third-order valence-corrected chi connectivity index (χ3v) is 4.84. The monoisotopic (exact) mass is 349 g/mol. The fourth-order valence-corrected chi connectivity index (χ4v) is 3.40. The van der Waals surface area contributed by atoms with E-state index in [-0.39, 0.29) is 0 Å². The molecule has 0 atom stereocenters. The second kappa shape index (κ2) is 8.05. The summed E-state index contributed by atoms with van der Waals surface area (Å²) in [6, 6.07) is 14.4. The standard InChI is InChI=1S/C19H21Cl2NO/c20-16-9-8-15(19(21)11-16)13-23-18-7-3-4-14(10-18)12-22-17-5-1-2-6-17/h3-4,7-11,17,22H,1-2,5-6,12-13H2. The summed E-state index contributed by atoms with van der Waals surface area (Å²) >= 11 is 12.1. The van der Waals surface area contributed by atoms with Gasteiger partial charge in [-0.15, -0.1) is 0 Å². The number of hydrogen-bond acceptors (Lipinski definition) is 2. The van der Waals surface area contributed by atoms with E-state index in [1.165, 1.54) is 31.2 Å². The first-order valence-electron chi connectivity index (χ1n) is 8.10. The van der Waals surface area contributed by atoms with Crippen LogP contribution in [0, 0.1) is 0 Å². The first-order valence-corrected chi connectivity index (χ1v) is 8.85. The molecule has 2 nitrogen and oxygen atoms in total. The Balaban J connectivity index is 1.56. The van der Waals surface area contributed by atoms with Crippen molar-refractivity contribution in [3.63, 3.8) is 0 Å². The van der Waals surface area contributed by atoms with Gasteiger partial charge >= 0.3 is 0 Å². The zero-order valence-corrected chi connectivity index (χ0v) is 14.5. The summed E-state index contributed by atoms with van der Waals surface area (Å²) < 4.78 is 5.87. The van der Waals surface area contributed by atoms with Gasteiger partial charge in [0.1, 0.15) is 12.4 Å². The Morgan fingerprint density at radius 3 is 2.65 bits per heavy atom. The second-order valence-electron chi connectivity index (χ2n) is 6.03. The lowest BCUT2D eigenvalue weighted by Gasteiger charge is -2.13. The summed E-state index contributed by atoms with van der Waals surface area (Å²) in [5.41, 5.74) is 2.18. The van der Waals surface area contributed by atoms with Gasteiger partial charge in [0.15, 0.2) is 0 Å². The van der Waals surface area contributed by atoms with Crippen molar-refractivity contribution in [2.45, 2.75) is 44.9 Å². The van der Waals surface area contributed by atoms with Crippen LogP contribution in [0.3, 0.4) is 0 Å². The maximum absolute atomic E-state index is 6.17. The van der Waals surface area contributed by atoms with E-state index >= 15 is 0 Å². The van der Waals surface area contributed by atoms with Gasteiger partial charge in [-0.25, -0.2) is 0 Å². The van der Waals surface area contributed by atoms with Crippen molar-refractivity contribution in [3.8, 4) is 5.75 Å². The van der Waals surface area contributed by atoms with Crippen LogP contribution in [0.25, 0.3) is 0 Å². The molecule has 2 aromatic rings. The highest BCUT2D eigenvalue weighted by Crippen LogP contribution is 2.23. The summed E-state index contributed by atoms with van der Waals surface area (Å²) in [4.78, 5) is 0. The summed E-state index contributed by atoms with van der Waals surface area (Å²) in [5.74, 6) is 0.863. The molecule has 0 heterocycles. The van der Waals surface area contributed by atoms with Crippen LogP contribution in [0.1, 0.15) is 36.8 Å². The first kappa shape index (κ1) is 16.6. The number of ether oxygens (including phenoxy) is 1. The molecule has 2 aromatic carbocycles. The van der Waals surface area contributed by atoms with Crippen LogP contribution in [0.4, 0.5) is 0 Å². The minimum atomic E-state index is 0.440. The molecule has 1 aliphatic carbocycles. The number of hydrogen-bond donors (Lipinski definition) is 1. The van der Waals surface area contributed by atoms with Crippen molar-refractivity contribution in [3.05, 3.63) is 63.6 Å². The van der Waals surface area contributed by atoms with Gasteiger partial charge in [0.05, 0.1) is 0 Å². The van der Waals surface area contributed by atoms with Crippen LogP contribution in [0.2, 0.25) is 10.0 Å². The third-order valence-electron chi connectivity index (χ3n) is 4.26. The molecule has 0 saturated heterocycles. The van der Waals surface area contributed by atoms with Gasteiger partial charge in [0.2, 0.25) is 0 Å². The largest absolute Gasteiger partial charge is 0.489 e. The Bertz CT molecular complexity index is 654. The zero-order chi connectivity index (χ0) is 16.1. The van der Waals surface area contributed by atoms with Gasteiger partial charge in [-0.2, -0.15) is 0 Å². The molecule has 23 heavy (non-hydrogen) atoms. The normalized spacial score (nSPS) is 15.0. The highest BCUT2D eigenvalue weighted by molar-refractivity contribution is 6.35. The van der Waals surface area contributed by atoms with E-state index in [2.05, 4.69) is 17.4 Å². The predicted molar refractivity (Wildman–Crippen MR) is 96.3 cm³/mol. The van der Waals surface area contributed by atoms with E-state index in [0.29, 0.717) is 22.7 Å². The average Bonchev–Trinajstić information content (AvgIpc) is 3.06. The Hall–Kier alpha value is -1.22. The van der Waals surface area contributed by atoms with Gasteiger partial charge in [-0.1, -0.05) is 54.2 Å². The molecule has 0 spiro atoms. The third kappa shape index (κ3) is 4.87. The SMILES string of the molecule is Clc1ccc(COc2cccc(CNC3CCCC3)c2)c(Cl)c1. The Labute approximate surface area is 147 Å². The molecule has 0 aromatic heterocycles. The maximum Gasteiger partial charge on any atom is 0.120 e. The molecule has 1 fully saturated rings. The van der Waals surface area contributed by atoms with E-state index < -0.39 is 0 Å². The molecular weight excluding hydrogens is 329 g/mol. The molecule has 122 valence electrons. The van der Waals surface area contributed by atoms with Gasteiger partial charge in [0.25, 0.3) is 0 Å². The molecule has 1 N–H and O–H groups in total. The van der Waals surface area contributed by atoms with Gasteiger partial charge in [0, 0.05) is 28.2 Å². The highest BCUT2D eigenvalue weighted by Gasteiger charge is 2.13. The van der Waals surface area contributed by atoms with Crippen molar-refractivity contribution >= 4 is 23.2 Å². The average molecular weight is 350 g/mol. The minimum Gasteiger partial charge on any atom is -0.489 e. The Morgan fingerprint density at radius 1 is 1.04 bits per heavy atom. The first-order chi connectivity index (χ1) is 11.2. The van der Waals surface area contributed by atoms with Gasteiger partial charge in [-0.3, -0.25) is 0 Å². The number of nitrogens with one attached hydrogen (secondary N) is 1. The van der Waals surface area contributed by atoms with E-state index in [4.69, 9.17) is 27.9 Å². The van der Waals surface area contributed by atoms with E-state index in [1.54, 1.807) is 6.07 Å². The lowest BCUT2D eigenvalue weighted by atomic mass is 10.2. The van der Waals surface area contributed by atoms with Crippen LogP contribution < -0.4 is 10.1 Å². The smallest absolute Gasteiger partial charge is 0.120 e. The molecule has 0 unspecified atom stereocenters. The van der Waals surface area contributed by atoms with Crippen LogP contribution in [0.5, 0.6) is 5.75 Å². The fraction of sp³-hybridized carbons (Fsp3) is 0.368. The minimum absolute atomic E-state index is 0.440. The quantitative estimate of drug-likeness (QED) is 0.732. The maximum atomic E-state index is 6.17. The second-order valence-corrected chi connectivity index (χ2v) is 6.88. The van der Waals surface area contributed by atoms with E-state index in [0.717, 1.165) is 17.9 Å². The molecule has 3 rings (SSSR count). The van der Waals surface area contributed by atoms with Crippen molar-refractivity contribution < 1.29 is 4.74 Å². The zero-order valence-electron chi connectivity index (χ0n) is 13.0.